The number of aliphatic imine (C=N–C) groups is 1. The number of amides is 4. The number of aryl methyl sites for hydroxylation is 3. The number of hydrogen-bond acceptors (Lipinski definition) is 16. The zero-order valence-corrected chi connectivity index (χ0v) is 49.7. The van der Waals surface area contributed by atoms with Crippen LogP contribution in [0.25, 0.3) is 15.4 Å². The van der Waals surface area contributed by atoms with Gasteiger partial charge in [0.15, 0.2) is 5.82 Å². The summed E-state index contributed by atoms with van der Waals surface area (Å²) in [5, 5.41) is 27.3. The first kappa shape index (κ1) is 60.2. The van der Waals surface area contributed by atoms with E-state index in [1.807, 2.05) is 92.9 Å². The maximum Gasteiger partial charge on any atom is 0.255 e. The van der Waals surface area contributed by atoms with Crippen molar-refractivity contribution in [2.45, 2.75) is 105 Å². The number of rotatable bonds is 28. The molecule has 3 aromatic heterocycles. The van der Waals surface area contributed by atoms with E-state index in [9.17, 15) is 24.3 Å². The third kappa shape index (κ3) is 14.3. The van der Waals surface area contributed by atoms with E-state index < -0.39 is 30.1 Å². The molecule has 0 unspecified atom stereocenters. The van der Waals surface area contributed by atoms with Crippen LogP contribution in [0, 0.1) is 33.6 Å². The highest BCUT2D eigenvalue weighted by Gasteiger charge is 2.46. The Morgan fingerprint density at radius 1 is 0.841 bits per heavy atom. The molecule has 3 aromatic carbocycles. The summed E-state index contributed by atoms with van der Waals surface area (Å²) >= 11 is 9.44. The fourth-order valence-electron chi connectivity index (χ4n) is 10.5. The summed E-state index contributed by atoms with van der Waals surface area (Å²) in [6.45, 7) is 16.3. The topological polar surface area (TPSA) is 221 Å². The van der Waals surface area contributed by atoms with E-state index in [4.69, 9.17) is 40.3 Å². The molecule has 0 aliphatic carbocycles. The van der Waals surface area contributed by atoms with E-state index in [1.54, 1.807) is 27.8 Å². The Morgan fingerprint density at radius 2 is 1.54 bits per heavy atom. The van der Waals surface area contributed by atoms with Gasteiger partial charge in [0.1, 0.15) is 41.3 Å². The van der Waals surface area contributed by atoms with Crippen molar-refractivity contribution < 1.29 is 48.0 Å². The fourth-order valence-corrected chi connectivity index (χ4v) is 12.7. The SMILES string of the molecule is Cc1ncsc1-c1ccc(CNC(=O)[C@@H]2C[C@@H](O)CN2C(=O)[C@H](C(C)C)N2Cc3ccccc3C2=O)c(OCCOCCOCCCCOCCOCCNC(=O)C[C@@H]2N=C(c3ccc(Cl)cc3)c3c(sc(C)c3C)-n3c(C)nnc32)c1. The van der Waals surface area contributed by atoms with Crippen molar-refractivity contribution >= 4 is 63.6 Å². The number of fused-ring (bicyclic) bond motifs is 4. The van der Waals surface area contributed by atoms with Crippen molar-refractivity contribution in [1.29, 1.82) is 0 Å². The Labute approximate surface area is 491 Å². The zero-order valence-electron chi connectivity index (χ0n) is 47.3. The van der Waals surface area contributed by atoms with Gasteiger partial charge in [0.2, 0.25) is 17.7 Å². The quantitative estimate of drug-likeness (QED) is 0.0398. The van der Waals surface area contributed by atoms with Gasteiger partial charge >= 0.3 is 0 Å². The largest absolute Gasteiger partial charge is 0.491 e. The van der Waals surface area contributed by atoms with Crippen molar-refractivity contribution in [3.8, 4) is 21.2 Å². The zero-order chi connectivity index (χ0) is 57.9. The number of ether oxygens (including phenoxy) is 5. The number of nitrogens with one attached hydrogen (secondary N) is 2. The third-order valence-electron chi connectivity index (χ3n) is 14.8. The number of thiophene rings is 1. The van der Waals surface area contributed by atoms with Gasteiger partial charge in [-0.05, 0) is 87.4 Å². The van der Waals surface area contributed by atoms with Gasteiger partial charge in [-0.2, -0.15) is 0 Å². The van der Waals surface area contributed by atoms with Crippen LogP contribution >= 0.6 is 34.3 Å². The van der Waals surface area contributed by atoms with Gasteiger partial charge in [0.05, 0.1) is 74.0 Å². The van der Waals surface area contributed by atoms with Crippen LogP contribution in [0.5, 0.6) is 5.75 Å². The summed E-state index contributed by atoms with van der Waals surface area (Å²) in [5.41, 5.74) is 9.64. The molecule has 4 atom stereocenters. The van der Waals surface area contributed by atoms with Gasteiger partial charge in [0.25, 0.3) is 5.91 Å². The Bertz CT molecular complexity index is 3230. The van der Waals surface area contributed by atoms with Gasteiger partial charge in [-0.25, -0.2) is 4.98 Å². The van der Waals surface area contributed by atoms with E-state index in [0.29, 0.717) is 88.1 Å². The predicted octanol–water partition coefficient (Wildman–Crippen LogP) is 7.92. The second-order valence-electron chi connectivity index (χ2n) is 20.9. The number of aromatic nitrogens is 4. The average molecular weight is 1180 g/mol. The molecule has 6 aromatic rings. The summed E-state index contributed by atoms with van der Waals surface area (Å²) in [7, 11) is 0. The number of thiazole rings is 1. The molecule has 3 N–H and O–H groups in total. The lowest BCUT2D eigenvalue weighted by molar-refractivity contribution is -0.143. The first-order chi connectivity index (χ1) is 39.7. The maximum atomic E-state index is 14.3. The van der Waals surface area contributed by atoms with Crippen LogP contribution in [0.3, 0.4) is 0 Å². The van der Waals surface area contributed by atoms with Crippen LogP contribution in [0.1, 0.15) is 106 Å². The van der Waals surface area contributed by atoms with E-state index in [1.165, 1.54) is 21.1 Å². The van der Waals surface area contributed by atoms with Crippen LogP contribution < -0.4 is 15.4 Å². The molecule has 19 nitrogen and oxygen atoms in total. The Balaban J connectivity index is 0.643. The molecular weight excluding hydrogens is 1110 g/mol. The smallest absolute Gasteiger partial charge is 0.255 e. The summed E-state index contributed by atoms with van der Waals surface area (Å²) in [5.74, 6) is 0.566. The average Bonchev–Trinajstić information content (AvgIpc) is 3.08. The van der Waals surface area contributed by atoms with Gasteiger partial charge in [-0.1, -0.05) is 67.9 Å². The lowest BCUT2D eigenvalue weighted by Gasteiger charge is -2.35. The molecule has 22 heteroatoms. The number of aliphatic hydroxyl groups excluding tert-OH is 1. The standard InChI is InChI=1S/C60H72ClN9O10S2/c1-36(2)54(69-33-44-11-7-8-12-47(44)58(69)74)59(75)68-34-46(71)30-49(68)57(73)63-32-43-14-13-42(55-38(4)64-35-81-55)29-50(43)80-28-27-79-26-24-77-21-10-9-20-76-23-25-78-22-19-62-51(72)31-48-56-67-66-40(6)70(56)60-52(37(3)39(5)82-60)53(65-48)41-15-17-45(61)18-16-41/h7-8,11-18,29,35-36,46,48-49,54,71H,9-10,19-28,30-34H2,1-6H3,(H,62,72)(H,63,73)/t46-,48+,49+,54+/m1/s1. The van der Waals surface area contributed by atoms with E-state index in [2.05, 4.69) is 39.7 Å². The maximum absolute atomic E-state index is 14.3. The molecule has 9 rings (SSSR count). The highest BCUT2D eigenvalue weighted by Crippen LogP contribution is 2.40. The molecule has 4 amide bonds. The number of nitrogens with zero attached hydrogens (tertiary/aromatic N) is 7. The highest BCUT2D eigenvalue weighted by atomic mass is 35.5. The van der Waals surface area contributed by atoms with Gasteiger partial charge in [-0.3, -0.25) is 28.7 Å². The molecule has 6 heterocycles. The van der Waals surface area contributed by atoms with Gasteiger partial charge in [0, 0.05) is 78.0 Å². The fraction of sp³-hybridized carbons (Fsp3) is 0.467. The normalized spacial score (nSPS) is 16.9. The number of carbonyl (C=O) groups excluding carboxylic acids is 4. The molecule has 0 saturated carbocycles. The van der Waals surface area contributed by atoms with Crippen molar-refractivity contribution in [2.24, 2.45) is 10.9 Å². The molecule has 1 saturated heterocycles. The van der Waals surface area contributed by atoms with E-state index in [0.717, 1.165) is 73.3 Å². The molecule has 3 aliphatic rings. The molecule has 82 heavy (non-hydrogen) atoms. The predicted molar refractivity (Wildman–Crippen MR) is 314 cm³/mol. The summed E-state index contributed by atoms with van der Waals surface area (Å²) < 4.78 is 31.4. The van der Waals surface area contributed by atoms with Gasteiger partial charge < -0.3 is 49.2 Å². The molecule has 436 valence electrons. The first-order valence-corrected chi connectivity index (χ1v) is 30.0. The number of likely N-dealkylation sites (tertiary alicyclic amines) is 1. The molecule has 3 aliphatic heterocycles. The molecular formula is C60H72ClN9O10S2. The highest BCUT2D eigenvalue weighted by molar-refractivity contribution is 7.15. The Morgan fingerprint density at radius 3 is 2.24 bits per heavy atom. The van der Waals surface area contributed by atoms with Crippen LogP contribution in [0.4, 0.5) is 0 Å². The second-order valence-corrected chi connectivity index (χ2v) is 23.4. The van der Waals surface area contributed by atoms with Crippen LogP contribution in [-0.2, 0) is 46.4 Å². The summed E-state index contributed by atoms with van der Waals surface area (Å²) in [6, 6.07) is 18.5. The number of unbranched alkanes of at least 4 members (excludes halogenated alkanes) is 1. The van der Waals surface area contributed by atoms with E-state index >= 15 is 0 Å². The van der Waals surface area contributed by atoms with E-state index in [-0.39, 0.29) is 56.2 Å². The Kier molecular flexibility index (Phi) is 20.7. The Hall–Kier alpha value is -6.43. The van der Waals surface area contributed by atoms with Crippen LogP contribution in [-0.4, -0.2) is 155 Å². The minimum absolute atomic E-state index is 0.00415. The number of aliphatic hydroxyl groups is 1. The van der Waals surface area contributed by atoms with Crippen molar-refractivity contribution in [2.75, 3.05) is 72.6 Å². The molecule has 0 spiro atoms. The lowest BCUT2D eigenvalue weighted by atomic mass is 9.99. The second kappa shape index (κ2) is 28.2. The number of hydrogen-bond donors (Lipinski definition) is 3. The van der Waals surface area contributed by atoms with Crippen molar-refractivity contribution in [1.82, 2.24) is 40.2 Å². The minimum atomic E-state index is -0.915. The number of halogens is 1. The molecule has 0 radical (unpaired) electrons. The minimum Gasteiger partial charge on any atom is -0.491 e. The van der Waals surface area contributed by atoms with Crippen LogP contribution in [0.2, 0.25) is 5.02 Å². The van der Waals surface area contributed by atoms with Crippen molar-refractivity contribution in [3.05, 3.63) is 133 Å². The third-order valence-corrected chi connectivity index (χ3v) is 17.2. The monoisotopic (exact) mass is 1180 g/mol. The number of β-amino-alcohol motifs (C(OH)–C–C–N with tert-alkyl or cyclic N) is 1. The lowest BCUT2D eigenvalue weighted by Crippen LogP contribution is -2.55. The van der Waals surface area contributed by atoms with Crippen LogP contribution in [0.15, 0.2) is 77.2 Å². The van der Waals surface area contributed by atoms with Gasteiger partial charge in [-0.15, -0.1) is 32.9 Å². The number of carbonyl (C=O) groups is 4. The van der Waals surface area contributed by atoms with Crippen molar-refractivity contribution in [3.63, 3.8) is 0 Å². The molecule has 0 bridgehead atoms. The summed E-state index contributed by atoms with van der Waals surface area (Å²) in [6.07, 6.45) is 0.943. The number of benzene rings is 3. The molecule has 1 fully saturated rings. The summed E-state index contributed by atoms with van der Waals surface area (Å²) in [4.78, 5) is 69.7. The first-order valence-electron chi connectivity index (χ1n) is 27.9.